The molecule has 2 aliphatic rings. The van der Waals surface area contributed by atoms with Crippen molar-refractivity contribution in [3.05, 3.63) is 17.6 Å². The second-order valence-corrected chi connectivity index (χ2v) is 5.95. The van der Waals surface area contributed by atoms with Gasteiger partial charge >= 0.3 is 0 Å². The van der Waals surface area contributed by atoms with E-state index in [1.165, 1.54) is 32.2 Å². The molecule has 1 aromatic rings. The zero-order chi connectivity index (χ0) is 13.2. The van der Waals surface area contributed by atoms with Gasteiger partial charge in [-0.2, -0.15) is 0 Å². The summed E-state index contributed by atoms with van der Waals surface area (Å²) in [6.45, 7) is 7.53. The van der Waals surface area contributed by atoms with E-state index < -0.39 is 0 Å². The molecule has 3 rings (SSSR count). The molecule has 0 aliphatic carbocycles. The predicted molar refractivity (Wildman–Crippen MR) is 77.5 cm³/mol. The summed E-state index contributed by atoms with van der Waals surface area (Å²) in [7, 11) is 0. The molecule has 104 valence electrons. The van der Waals surface area contributed by atoms with Gasteiger partial charge in [0.25, 0.3) is 0 Å². The number of anilines is 1. The van der Waals surface area contributed by atoms with E-state index >= 15 is 0 Å². The fraction of sp³-hybridized carbons (Fsp3) is 0.733. The quantitative estimate of drug-likeness (QED) is 0.884. The Morgan fingerprint density at radius 3 is 2.84 bits per heavy atom. The third-order valence-electron chi connectivity index (χ3n) is 4.63. The Kier molecular flexibility index (Phi) is 3.69. The average molecular weight is 260 g/mol. The summed E-state index contributed by atoms with van der Waals surface area (Å²) in [6, 6.07) is 0.724. The Morgan fingerprint density at radius 2 is 2.11 bits per heavy atom. The highest BCUT2D eigenvalue weighted by Crippen LogP contribution is 2.27. The summed E-state index contributed by atoms with van der Waals surface area (Å²) in [5.41, 5.74) is 2.09. The molecule has 0 amide bonds. The van der Waals surface area contributed by atoms with Gasteiger partial charge in [0.15, 0.2) is 0 Å². The van der Waals surface area contributed by atoms with Crippen molar-refractivity contribution in [2.24, 2.45) is 5.92 Å². The van der Waals surface area contributed by atoms with Gasteiger partial charge in [-0.3, -0.25) is 4.98 Å². The van der Waals surface area contributed by atoms with Crippen molar-refractivity contribution in [2.75, 3.05) is 24.5 Å². The van der Waals surface area contributed by atoms with Crippen LogP contribution >= 0.6 is 0 Å². The molecule has 2 aliphatic heterocycles. The fourth-order valence-corrected chi connectivity index (χ4v) is 3.34. The summed E-state index contributed by atoms with van der Waals surface area (Å²) in [5.74, 6) is 1.84. The number of piperidine rings is 1. The minimum absolute atomic E-state index is 0.724. The zero-order valence-electron chi connectivity index (χ0n) is 12.0. The molecule has 2 fully saturated rings. The lowest BCUT2D eigenvalue weighted by Gasteiger charge is -2.36. The molecule has 0 saturated carbocycles. The van der Waals surface area contributed by atoms with Crippen LogP contribution in [-0.2, 0) is 0 Å². The Hall–Kier alpha value is -1.16. The lowest BCUT2D eigenvalue weighted by molar-refractivity contribution is 0.327. The minimum Gasteiger partial charge on any atom is -0.355 e. The van der Waals surface area contributed by atoms with Crippen LogP contribution in [0.1, 0.15) is 37.1 Å². The normalized spacial score (nSPS) is 27.8. The second kappa shape index (κ2) is 5.45. The lowest BCUT2D eigenvalue weighted by atomic mass is 9.90. The Balaban J connectivity index is 1.71. The number of nitrogens with zero attached hydrogens (tertiary/aromatic N) is 3. The van der Waals surface area contributed by atoms with Crippen molar-refractivity contribution in [2.45, 2.75) is 45.6 Å². The Morgan fingerprint density at radius 1 is 1.21 bits per heavy atom. The van der Waals surface area contributed by atoms with E-state index in [2.05, 4.69) is 15.2 Å². The third kappa shape index (κ3) is 2.73. The minimum atomic E-state index is 0.724. The SMILES string of the molecule is Cc1ncc(N2CCCC(C3CCCN3)C2)nc1C. The molecular weight excluding hydrogens is 236 g/mol. The Bertz CT molecular complexity index is 440. The van der Waals surface area contributed by atoms with Gasteiger partial charge < -0.3 is 10.2 Å². The average Bonchev–Trinajstić information content (AvgIpc) is 2.96. The van der Waals surface area contributed by atoms with Crippen molar-refractivity contribution in [3.63, 3.8) is 0 Å². The molecule has 2 unspecified atom stereocenters. The van der Waals surface area contributed by atoms with Crippen molar-refractivity contribution < 1.29 is 0 Å². The van der Waals surface area contributed by atoms with E-state index in [9.17, 15) is 0 Å². The molecule has 4 heteroatoms. The van der Waals surface area contributed by atoms with Gasteiger partial charge in [-0.25, -0.2) is 4.98 Å². The first-order valence-electron chi connectivity index (χ1n) is 7.52. The summed E-state index contributed by atoms with van der Waals surface area (Å²) in [5, 5.41) is 3.66. The van der Waals surface area contributed by atoms with Gasteiger partial charge in [0, 0.05) is 19.1 Å². The zero-order valence-corrected chi connectivity index (χ0v) is 12.0. The first kappa shape index (κ1) is 12.9. The molecule has 0 bridgehead atoms. The summed E-state index contributed by atoms with van der Waals surface area (Å²) in [6.07, 6.45) is 7.25. The highest BCUT2D eigenvalue weighted by atomic mass is 15.2. The van der Waals surface area contributed by atoms with Crippen LogP contribution in [0.2, 0.25) is 0 Å². The van der Waals surface area contributed by atoms with E-state index in [1.807, 2.05) is 20.0 Å². The van der Waals surface area contributed by atoms with E-state index in [0.29, 0.717) is 0 Å². The molecule has 3 heterocycles. The number of aryl methyl sites for hydroxylation is 2. The monoisotopic (exact) mass is 260 g/mol. The van der Waals surface area contributed by atoms with Gasteiger partial charge in [-0.05, 0) is 52.0 Å². The van der Waals surface area contributed by atoms with Crippen molar-refractivity contribution in [3.8, 4) is 0 Å². The van der Waals surface area contributed by atoms with Crippen LogP contribution in [0.5, 0.6) is 0 Å². The standard InChI is InChI=1S/C15H24N4/c1-11-12(2)18-15(9-17-11)19-8-4-5-13(10-19)14-6-3-7-16-14/h9,13-14,16H,3-8,10H2,1-2H3. The number of rotatable bonds is 2. The van der Waals surface area contributed by atoms with Gasteiger partial charge in [0.1, 0.15) is 5.82 Å². The van der Waals surface area contributed by atoms with Crippen LogP contribution in [-0.4, -0.2) is 35.6 Å². The van der Waals surface area contributed by atoms with Crippen LogP contribution in [0.4, 0.5) is 5.82 Å². The summed E-state index contributed by atoms with van der Waals surface area (Å²) >= 11 is 0. The number of hydrogen-bond acceptors (Lipinski definition) is 4. The van der Waals surface area contributed by atoms with E-state index in [1.54, 1.807) is 0 Å². The highest BCUT2D eigenvalue weighted by molar-refractivity contribution is 5.38. The smallest absolute Gasteiger partial charge is 0.147 e. The molecular formula is C15H24N4. The van der Waals surface area contributed by atoms with Crippen molar-refractivity contribution in [1.82, 2.24) is 15.3 Å². The fourth-order valence-electron chi connectivity index (χ4n) is 3.34. The van der Waals surface area contributed by atoms with Gasteiger partial charge in [-0.15, -0.1) is 0 Å². The number of nitrogens with one attached hydrogen (secondary N) is 1. The summed E-state index contributed by atoms with van der Waals surface area (Å²) < 4.78 is 0. The van der Waals surface area contributed by atoms with E-state index in [0.717, 1.165) is 42.3 Å². The van der Waals surface area contributed by atoms with Crippen LogP contribution in [0, 0.1) is 19.8 Å². The molecule has 2 saturated heterocycles. The number of aromatic nitrogens is 2. The highest BCUT2D eigenvalue weighted by Gasteiger charge is 2.29. The van der Waals surface area contributed by atoms with Crippen molar-refractivity contribution >= 4 is 5.82 Å². The molecule has 0 spiro atoms. The molecule has 1 aromatic heterocycles. The van der Waals surface area contributed by atoms with Gasteiger partial charge in [-0.1, -0.05) is 0 Å². The van der Waals surface area contributed by atoms with Crippen LogP contribution in [0.15, 0.2) is 6.20 Å². The third-order valence-corrected chi connectivity index (χ3v) is 4.63. The molecule has 0 aromatic carbocycles. The van der Waals surface area contributed by atoms with E-state index in [4.69, 9.17) is 4.98 Å². The predicted octanol–water partition coefficient (Wildman–Crippen LogP) is 2.06. The molecule has 19 heavy (non-hydrogen) atoms. The molecule has 1 N–H and O–H groups in total. The maximum atomic E-state index is 4.70. The van der Waals surface area contributed by atoms with Gasteiger partial charge in [0.05, 0.1) is 17.6 Å². The van der Waals surface area contributed by atoms with Crippen LogP contribution in [0.3, 0.4) is 0 Å². The first-order valence-corrected chi connectivity index (χ1v) is 7.52. The molecule has 4 nitrogen and oxygen atoms in total. The second-order valence-electron chi connectivity index (χ2n) is 5.95. The van der Waals surface area contributed by atoms with Crippen molar-refractivity contribution in [1.29, 1.82) is 0 Å². The molecule has 0 radical (unpaired) electrons. The molecule has 2 atom stereocenters. The van der Waals surface area contributed by atoms with Crippen LogP contribution in [0.25, 0.3) is 0 Å². The topological polar surface area (TPSA) is 41.1 Å². The largest absolute Gasteiger partial charge is 0.355 e. The van der Waals surface area contributed by atoms with Crippen LogP contribution < -0.4 is 10.2 Å². The van der Waals surface area contributed by atoms with Gasteiger partial charge in [0.2, 0.25) is 0 Å². The van der Waals surface area contributed by atoms with E-state index in [-0.39, 0.29) is 0 Å². The maximum absolute atomic E-state index is 4.70. The summed E-state index contributed by atoms with van der Waals surface area (Å²) in [4.78, 5) is 11.6. The maximum Gasteiger partial charge on any atom is 0.147 e. The number of hydrogen-bond donors (Lipinski definition) is 1. The Labute approximate surface area is 115 Å². The lowest BCUT2D eigenvalue weighted by Crippen LogP contribution is -2.43. The first-order chi connectivity index (χ1) is 9.24.